The number of rotatable bonds is 21. The molecule has 3 aromatic rings. The number of nitrogens with one attached hydrogen (secondary N) is 7. The molecule has 2 aliphatic heterocycles. The van der Waals surface area contributed by atoms with E-state index in [0.29, 0.717) is 12.8 Å². The van der Waals surface area contributed by atoms with Gasteiger partial charge in [0.2, 0.25) is 35.4 Å². The van der Waals surface area contributed by atoms with E-state index in [4.69, 9.17) is 5.73 Å². The maximum atomic E-state index is 14.9. The second kappa shape index (κ2) is 27.0. The summed E-state index contributed by atoms with van der Waals surface area (Å²) in [4.78, 5) is 132. The largest absolute Gasteiger partial charge is 0.351 e. The number of likely N-dealkylation sites (tertiary alicyclic amines) is 2. The van der Waals surface area contributed by atoms with Gasteiger partial charge in [-0.15, -0.1) is 0 Å². The number of hydrogen-bond donors (Lipinski definition) is 8. The average molecular weight is 1130 g/mol. The van der Waals surface area contributed by atoms with Crippen LogP contribution in [-0.2, 0) is 41.6 Å². The Labute approximate surface area is 483 Å². The molecule has 19 nitrogen and oxygen atoms in total. The average Bonchev–Trinajstić information content (AvgIpc) is 4.22. The molecule has 10 atom stereocenters. The number of nitrogens with zero attached hydrogens (tertiary/aromatic N) is 2. The summed E-state index contributed by atoms with van der Waals surface area (Å²) in [6.45, 7) is 14.7. The number of hydrogen-bond acceptors (Lipinski definition) is 12. The van der Waals surface area contributed by atoms with Gasteiger partial charge in [-0.2, -0.15) is 0 Å². The molecular weight excluding hydrogens is 1040 g/mol. The van der Waals surface area contributed by atoms with Crippen LogP contribution in [0.4, 0.5) is 0 Å². The van der Waals surface area contributed by atoms with Gasteiger partial charge < -0.3 is 52.8 Å². The monoisotopic (exact) mass is 1130 g/mol. The quantitative estimate of drug-likeness (QED) is 0.0680. The lowest BCUT2D eigenvalue weighted by Crippen LogP contribution is -2.59. The molecule has 7 amide bonds. The molecular formula is C63H88N10O9. The van der Waals surface area contributed by atoms with Crippen LogP contribution in [0.1, 0.15) is 172 Å². The summed E-state index contributed by atoms with van der Waals surface area (Å²) < 4.78 is 0. The van der Waals surface area contributed by atoms with E-state index in [1.54, 1.807) is 27.9 Å². The van der Waals surface area contributed by atoms with Gasteiger partial charge in [-0.25, -0.2) is 0 Å². The zero-order valence-corrected chi connectivity index (χ0v) is 49.7. The van der Waals surface area contributed by atoms with Crippen molar-refractivity contribution in [1.29, 1.82) is 0 Å². The van der Waals surface area contributed by atoms with Gasteiger partial charge in [-0.1, -0.05) is 90.1 Å². The summed E-state index contributed by atoms with van der Waals surface area (Å²) >= 11 is 0. The number of fused-ring (bicyclic) bond motifs is 2. The third kappa shape index (κ3) is 15.0. The second-order valence-electron chi connectivity index (χ2n) is 25.3. The molecule has 19 heteroatoms. The minimum Gasteiger partial charge on any atom is -0.351 e. The van der Waals surface area contributed by atoms with Crippen molar-refractivity contribution in [2.45, 2.75) is 168 Å². The topological polar surface area (TPSA) is 270 Å². The fraction of sp³-hybridized carbons (Fsp3) is 0.571. The lowest BCUT2D eigenvalue weighted by molar-refractivity contribution is -0.144. The zero-order chi connectivity index (χ0) is 59.8. The Balaban J connectivity index is 1.16. The van der Waals surface area contributed by atoms with Crippen molar-refractivity contribution in [3.05, 3.63) is 106 Å². The van der Waals surface area contributed by atoms with Gasteiger partial charge in [0.15, 0.2) is 11.6 Å². The number of ketones is 2. The SMILES string of the molecule is CN[C@@H](C)C(=O)N[C@H](C(=O)N1C[C@@H](CC(=O)c2cc(C(=O)C[C@H]3C[C@@H](C(=O)N[C@@H]4CCCc5ccccc54)N(C(=O)[C@@H](NC(=O)[C@H](C)NC)C(C)(C)C)C3)cc(C(=O)NCCN)c2)C[C@H]1C(=O)N[C@@H]1CCCc2ccccc21)C(C)(C)C. The minimum atomic E-state index is -1.02. The highest BCUT2D eigenvalue weighted by Gasteiger charge is 2.48. The van der Waals surface area contributed by atoms with Crippen molar-refractivity contribution in [2.75, 3.05) is 40.3 Å². The fourth-order valence-corrected chi connectivity index (χ4v) is 12.0. The number of aryl methyl sites for hydroxylation is 2. The first-order valence-electron chi connectivity index (χ1n) is 29.4. The van der Waals surface area contributed by atoms with E-state index < -0.39 is 88.2 Å². The molecule has 0 spiro atoms. The Kier molecular flexibility index (Phi) is 20.7. The number of amides is 7. The van der Waals surface area contributed by atoms with E-state index >= 15 is 0 Å². The van der Waals surface area contributed by atoms with E-state index in [2.05, 4.69) is 49.4 Å². The highest BCUT2D eigenvalue weighted by molar-refractivity contribution is 6.06. The number of carbonyl (C=O) groups excluding carboxylic acids is 9. The molecule has 7 rings (SSSR count). The highest BCUT2D eigenvalue weighted by atomic mass is 16.2. The van der Waals surface area contributed by atoms with Crippen LogP contribution in [0.15, 0.2) is 66.7 Å². The number of carbonyl (C=O) groups is 9. The van der Waals surface area contributed by atoms with E-state index in [1.165, 1.54) is 28.0 Å². The summed E-state index contributed by atoms with van der Waals surface area (Å²) in [6.07, 6.45) is 4.88. The van der Waals surface area contributed by atoms with E-state index in [-0.39, 0.29) is 104 Å². The van der Waals surface area contributed by atoms with Gasteiger partial charge in [-0.05, 0) is 142 Å². The summed E-state index contributed by atoms with van der Waals surface area (Å²) in [5.74, 6) is -4.91. The van der Waals surface area contributed by atoms with E-state index in [9.17, 15) is 43.2 Å². The summed E-state index contributed by atoms with van der Waals surface area (Å²) in [5.41, 5.74) is 8.73. The highest BCUT2D eigenvalue weighted by Crippen LogP contribution is 2.37. The third-order valence-corrected chi connectivity index (χ3v) is 17.0. The molecule has 9 N–H and O–H groups in total. The van der Waals surface area contributed by atoms with Crippen LogP contribution in [0.5, 0.6) is 0 Å². The van der Waals surface area contributed by atoms with Crippen molar-refractivity contribution in [1.82, 2.24) is 47.0 Å². The van der Waals surface area contributed by atoms with Crippen LogP contribution in [0, 0.1) is 22.7 Å². The summed E-state index contributed by atoms with van der Waals surface area (Å²) in [7, 11) is 3.29. The fourth-order valence-electron chi connectivity index (χ4n) is 12.0. The first kappa shape index (κ1) is 62.8. The normalized spacial score (nSPS) is 22.1. The first-order chi connectivity index (χ1) is 38.8. The van der Waals surface area contributed by atoms with Crippen molar-refractivity contribution < 1.29 is 43.2 Å². The van der Waals surface area contributed by atoms with Crippen molar-refractivity contribution in [2.24, 2.45) is 28.4 Å². The molecule has 0 saturated carbocycles. The Bertz CT molecular complexity index is 2700. The van der Waals surface area contributed by atoms with Crippen LogP contribution >= 0.6 is 0 Å². The van der Waals surface area contributed by atoms with Crippen LogP contribution in [0.25, 0.3) is 0 Å². The Morgan fingerprint density at radius 3 is 1.35 bits per heavy atom. The Morgan fingerprint density at radius 2 is 0.976 bits per heavy atom. The first-order valence-corrected chi connectivity index (χ1v) is 29.4. The van der Waals surface area contributed by atoms with Gasteiger partial charge in [-0.3, -0.25) is 43.2 Å². The number of Topliss-reactive ketones (excluding diaryl/α,β-unsaturated/α-hetero) is 2. The Hall–Kier alpha value is -6.83. The zero-order valence-electron chi connectivity index (χ0n) is 49.7. The molecule has 2 saturated heterocycles. The maximum absolute atomic E-state index is 14.9. The van der Waals surface area contributed by atoms with Gasteiger partial charge in [0, 0.05) is 55.7 Å². The van der Waals surface area contributed by atoms with Crippen LogP contribution in [0.3, 0.4) is 0 Å². The molecule has 82 heavy (non-hydrogen) atoms. The predicted molar refractivity (Wildman–Crippen MR) is 313 cm³/mol. The van der Waals surface area contributed by atoms with E-state index in [0.717, 1.165) is 47.9 Å². The summed E-state index contributed by atoms with van der Waals surface area (Å²) in [5, 5.41) is 20.9. The Morgan fingerprint density at radius 1 is 0.585 bits per heavy atom. The lowest BCUT2D eigenvalue weighted by Gasteiger charge is -2.36. The van der Waals surface area contributed by atoms with Crippen molar-refractivity contribution in [3.63, 3.8) is 0 Å². The maximum Gasteiger partial charge on any atom is 0.251 e. The van der Waals surface area contributed by atoms with Gasteiger partial charge in [0.1, 0.15) is 24.2 Å². The third-order valence-electron chi connectivity index (χ3n) is 17.0. The van der Waals surface area contributed by atoms with Gasteiger partial charge >= 0.3 is 0 Å². The predicted octanol–water partition coefficient (Wildman–Crippen LogP) is 4.62. The standard InChI is InChI=1S/C63H88N10O9/c1-36(65-9)55(76)70-53(62(3,4)5)60(81)72-34-38(27-49(72)58(79)68-47-23-15-19-40-17-11-13-21-45(40)47)29-51(74)42-31-43(33-44(32-42)57(78)67-26-25-64)52(75)30-39-28-50(59(80)69-48-24-16-20-41-18-12-14-22-46(41)48)73(35-39)61(82)54(63(6,7)8)71-56(77)37(2)66-10/h11-14,17-18,21-22,31-33,36-39,47-50,53-54,65-66H,15-16,19-20,23-30,34-35,64H2,1-10H3,(H,67,78)(H,68,79)(H,69,80)(H,70,76)(H,71,77)/t36-,37-,38+,39+,47+,48+,49-,50-,53+,54+/m0/s1. The van der Waals surface area contributed by atoms with Crippen molar-refractivity contribution in [3.8, 4) is 0 Å². The molecule has 0 bridgehead atoms. The lowest BCUT2D eigenvalue weighted by atomic mass is 9.85. The van der Waals surface area contributed by atoms with Crippen LogP contribution in [0.2, 0.25) is 0 Å². The molecule has 2 aliphatic carbocycles. The second-order valence-corrected chi connectivity index (χ2v) is 25.3. The molecule has 3 aromatic carbocycles. The van der Waals surface area contributed by atoms with Crippen LogP contribution in [-0.4, -0.2) is 139 Å². The summed E-state index contributed by atoms with van der Waals surface area (Å²) in [6, 6.07) is 14.4. The van der Waals surface area contributed by atoms with E-state index in [1.807, 2.05) is 77.9 Å². The molecule has 0 unspecified atom stereocenters. The molecule has 444 valence electrons. The smallest absolute Gasteiger partial charge is 0.251 e. The number of benzene rings is 3. The molecule has 2 fully saturated rings. The van der Waals surface area contributed by atoms with Crippen molar-refractivity contribution >= 4 is 52.9 Å². The number of likely N-dealkylation sites (N-methyl/N-ethyl adjacent to an activating group) is 2. The number of nitrogens with two attached hydrogens (primary N) is 1. The minimum absolute atomic E-state index is 0.0174. The molecule has 0 aromatic heterocycles. The molecule has 4 aliphatic rings. The van der Waals surface area contributed by atoms with Crippen LogP contribution < -0.4 is 43.0 Å². The molecule has 0 radical (unpaired) electrons. The molecule has 2 heterocycles. The van der Waals surface area contributed by atoms with Gasteiger partial charge in [0.25, 0.3) is 5.91 Å². The van der Waals surface area contributed by atoms with Gasteiger partial charge in [0.05, 0.1) is 24.2 Å².